The van der Waals surface area contributed by atoms with Gasteiger partial charge in [0.2, 0.25) is 5.91 Å². The molecule has 0 fully saturated rings. The van der Waals surface area contributed by atoms with E-state index in [1.54, 1.807) is 12.1 Å². The smallest absolute Gasteiger partial charge is 0.257 e. The molecular weight excluding hydrogens is 370 g/mol. The Morgan fingerprint density at radius 3 is 2.79 bits per heavy atom. The Hall–Kier alpha value is -2.47. The maximum Gasteiger partial charge on any atom is 0.257 e. The van der Waals surface area contributed by atoms with Gasteiger partial charge in [0.1, 0.15) is 0 Å². The summed E-state index contributed by atoms with van der Waals surface area (Å²) in [5.74, 6) is -0.315. The average Bonchev–Trinajstić information content (AvgIpc) is 3.29. The number of thiazole rings is 1. The second-order valence-electron chi connectivity index (χ2n) is 7.39. The first kappa shape index (κ1) is 18.9. The number of hydrogen-bond acceptors (Lipinski definition) is 4. The van der Waals surface area contributed by atoms with E-state index in [2.05, 4.69) is 21.7 Å². The first-order chi connectivity index (χ1) is 13.7. The van der Waals surface area contributed by atoms with Crippen LogP contribution in [0.2, 0.25) is 0 Å². The fourth-order valence-electron chi connectivity index (χ4n) is 3.90. The van der Waals surface area contributed by atoms with Crippen LogP contribution in [0.25, 0.3) is 0 Å². The number of aromatic nitrogens is 1. The van der Waals surface area contributed by atoms with Crippen LogP contribution in [0.3, 0.4) is 0 Å². The number of anilines is 1. The summed E-state index contributed by atoms with van der Waals surface area (Å²) >= 11 is 1.48. The number of carbonyl (C=O) groups is 2. The van der Waals surface area contributed by atoms with Crippen molar-refractivity contribution >= 4 is 28.3 Å². The van der Waals surface area contributed by atoms with Gasteiger partial charge in [0.05, 0.1) is 11.6 Å². The number of carbonyl (C=O) groups excluding carboxylic acids is 2. The molecule has 1 heterocycles. The molecule has 0 aliphatic heterocycles. The molecule has 146 valence electrons. The van der Waals surface area contributed by atoms with Crippen molar-refractivity contribution in [2.45, 2.75) is 50.9 Å². The van der Waals surface area contributed by atoms with Gasteiger partial charge in [-0.05, 0) is 57.1 Å². The maximum absolute atomic E-state index is 12.6. The van der Waals surface area contributed by atoms with Gasteiger partial charge in [0.15, 0.2) is 5.13 Å². The Labute approximate surface area is 169 Å². The van der Waals surface area contributed by atoms with E-state index in [0.717, 1.165) is 29.8 Å². The Morgan fingerprint density at radius 2 is 2.00 bits per heavy atom. The molecule has 1 unspecified atom stereocenters. The van der Waals surface area contributed by atoms with Crippen LogP contribution in [0.1, 0.15) is 65.4 Å². The number of hydrogen-bond donors (Lipinski definition) is 2. The van der Waals surface area contributed by atoms with Crippen LogP contribution in [0.15, 0.2) is 42.0 Å². The van der Waals surface area contributed by atoms with Gasteiger partial charge in [-0.1, -0.05) is 29.8 Å². The summed E-state index contributed by atoms with van der Waals surface area (Å²) < 4.78 is 0. The van der Waals surface area contributed by atoms with E-state index in [0.29, 0.717) is 17.2 Å². The van der Waals surface area contributed by atoms with Gasteiger partial charge in [-0.15, -0.1) is 11.3 Å². The molecule has 0 bridgehead atoms. The first-order valence-electron chi connectivity index (χ1n) is 10.0. The molecule has 6 heteroatoms. The highest BCUT2D eigenvalue weighted by Crippen LogP contribution is 2.38. The van der Waals surface area contributed by atoms with E-state index in [4.69, 9.17) is 0 Å². The zero-order chi connectivity index (χ0) is 19.3. The standard InChI is InChI=1S/C22H25N3O2S/c26-20(16-9-5-2-6-10-16)25-22-24-19-17(11-12-18(19)28-22)21(27)23-14-13-15-7-3-1-4-8-15/h2,5-7,9-10,17H,1,3-4,8,11-14H2,(H,23,27)(H,24,25,26). The van der Waals surface area contributed by atoms with Crippen molar-refractivity contribution in [3.8, 4) is 0 Å². The van der Waals surface area contributed by atoms with Crippen LogP contribution < -0.4 is 10.6 Å². The van der Waals surface area contributed by atoms with E-state index in [-0.39, 0.29) is 17.7 Å². The predicted octanol–water partition coefficient (Wildman–Crippen LogP) is 4.43. The number of allylic oxidation sites excluding steroid dienone is 1. The molecule has 1 aromatic carbocycles. The minimum Gasteiger partial charge on any atom is -0.355 e. The summed E-state index contributed by atoms with van der Waals surface area (Å²) in [6.07, 6.45) is 9.81. The number of amides is 2. The van der Waals surface area contributed by atoms with E-state index < -0.39 is 0 Å². The van der Waals surface area contributed by atoms with Crippen molar-refractivity contribution in [3.63, 3.8) is 0 Å². The lowest BCUT2D eigenvalue weighted by Crippen LogP contribution is -2.29. The van der Waals surface area contributed by atoms with Gasteiger partial charge in [0, 0.05) is 17.0 Å². The molecule has 0 saturated heterocycles. The zero-order valence-corrected chi connectivity index (χ0v) is 16.7. The summed E-state index contributed by atoms with van der Waals surface area (Å²) in [6.45, 7) is 0.693. The minimum absolute atomic E-state index is 0.0568. The first-order valence-corrected chi connectivity index (χ1v) is 10.8. The number of benzene rings is 1. The van der Waals surface area contributed by atoms with Gasteiger partial charge < -0.3 is 5.32 Å². The van der Waals surface area contributed by atoms with Gasteiger partial charge >= 0.3 is 0 Å². The van der Waals surface area contributed by atoms with Gasteiger partial charge in [-0.25, -0.2) is 4.98 Å². The number of aryl methyl sites for hydroxylation is 1. The van der Waals surface area contributed by atoms with Crippen LogP contribution in [-0.2, 0) is 11.2 Å². The molecule has 28 heavy (non-hydrogen) atoms. The van der Waals surface area contributed by atoms with Gasteiger partial charge in [0.25, 0.3) is 5.91 Å². The Balaban J connectivity index is 1.34. The largest absolute Gasteiger partial charge is 0.355 e. The second-order valence-corrected chi connectivity index (χ2v) is 8.47. The average molecular weight is 396 g/mol. The lowest BCUT2D eigenvalue weighted by molar-refractivity contribution is -0.122. The number of rotatable bonds is 6. The molecule has 4 rings (SSSR count). The lowest BCUT2D eigenvalue weighted by atomic mass is 9.97. The fourth-order valence-corrected chi connectivity index (χ4v) is 4.93. The van der Waals surface area contributed by atoms with Crippen molar-refractivity contribution in [2.75, 3.05) is 11.9 Å². The van der Waals surface area contributed by atoms with Crippen LogP contribution in [-0.4, -0.2) is 23.3 Å². The summed E-state index contributed by atoms with van der Waals surface area (Å²) in [6, 6.07) is 9.09. The normalized spacial score (nSPS) is 18.3. The maximum atomic E-state index is 12.6. The number of fused-ring (bicyclic) bond motifs is 1. The van der Waals surface area contributed by atoms with Crippen molar-refractivity contribution < 1.29 is 9.59 Å². The Bertz CT molecular complexity index is 888. The molecule has 0 saturated carbocycles. The van der Waals surface area contributed by atoms with Crippen molar-refractivity contribution in [2.24, 2.45) is 0 Å². The molecule has 0 spiro atoms. The van der Waals surface area contributed by atoms with Crippen LogP contribution >= 0.6 is 11.3 Å². The fraction of sp³-hybridized carbons (Fsp3) is 0.409. The molecule has 2 amide bonds. The lowest BCUT2D eigenvalue weighted by Gasteiger charge is -2.14. The third-order valence-corrected chi connectivity index (χ3v) is 6.47. The molecule has 2 aliphatic carbocycles. The summed E-state index contributed by atoms with van der Waals surface area (Å²) in [5.41, 5.74) is 2.91. The molecule has 1 atom stereocenters. The van der Waals surface area contributed by atoms with Crippen molar-refractivity contribution in [1.82, 2.24) is 10.3 Å². The predicted molar refractivity (Wildman–Crippen MR) is 112 cm³/mol. The minimum atomic E-state index is -0.200. The molecule has 2 aromatic rings. The van der Waals surface area contributed by atoms with E-state index in [1.807, 2.05) is 18.2 Å². The molecule has 5 nitrogen and oxygen atoms in total. The molecule has 2 N–H and O–H groups in total. The quantitative estimate of drug-likeness (QED) is 0.711. The van der Waals surface area contributed by atoms with E-state index in [9.17, 15) is 9.59 Å². The second kappa shape index (κ2) is 8.69. The molecule has 1 aromatic heterocycles. The highest BCUT2D eigenvalue weighted by Gasteiger charge is 2.32. The van der Waals surface area contributed by atoms with E-state index in [1.165, 1.54) is 42.6 Å². The van der Waals surface area contributed by atoms with Crippen LogP contribution in [0.5, 0.6) is 0 Å². The molecule has 2 aliphatic rings. The third-order valence-electron chi connectivity index (χ3n) is 5.42. The summed E-state index contributed by atoms with van der Waals surface area (Å²) in [7, 11) is 0. The van der Waals surface area contributed by atoms with Crippen LogP contribution in [0, 0.1) is 0 Å². The topological polar surface area (TPSA) is 71.1 Å². The van der Waals surface area contributed by atoms with E-state index >= 15 is 0 Å². The summed E-state index contributed by atoms with van der Waals surface area (Å²) in [4.78, 5) is 30.6. The Morgan fingerprint density at radius 1 is 1.14 bits per heavy atom. The highest BCUT2D eigenvalue weighted by molar-refractivity contribution is 7.16. The van der Waals surface area contributed by atoms with Crippen LogP contribution in [0.4, 0.5) is 5.13 Å². The van der Waals surface area contributed by atoms with Gasteiger partial charge in [-0.2, -0.15) is 0 Å². The zero-order valence-electron chi connectivity index (χ0n) is 15.9. The highest BCUT2D eigenvalue weighted by atomic mass is 32.1. The van der Waals surface area contributed by atoms with Crippen molar-refractivity contribution in [1.29, 1.82) is 0 Å². The number of nitrogens with zero attached hydrogens (tertiary/aromatic N) is 1. The SMILES string of the molecule is O=C(Nc1nc2c(s1)CCC2C(=O)NCCC1=CCCCC1)c1ccccc1. The molecular formula is C22H25N3O2S. The number of nitrogens with one attached hydrogen (secondary N) is 2. The third kappa shape index (κ3) is 4.33. The molecule has 0 radical (unpaired) electrons. The monoisotopic (exact) mass is 395 g/mol. The van der Waals surface area contributed by atoms with Crippen molar-refractivity contribution in [3.05, 3.63) is 58.1 Å². The summed E-state index contributed by atoms with van der Waals surface area (Å²) in [5, 5.41) is 6.52. The van der Waals surface area contributed by atoms with Gasteiger partial charge in [-0.3, -0.25) is 14.9 Å². The Kier molecular flexibility index (Phi) is 5.86.